The van der Waals surface area contributed by atoms with Crippen LogP contribution in [0.2, 0.25) is 0 Å². The molecule has 3 nitrogen and oxygen atoms in total. The fourth-order valence-electron chi connectivity index (χ4n) is 4.00. The van der Waals surface area contributed by atoms with Crippen LogP contribution in [0.25, 0.3) is 11.1 Å². The van der Waals surface area contributed by atoms with E-state index in [4.69, 9.17) is 0 Å². The SMILES string of the molecule is CCCC1(CCC)c2c[c]ccc2-c2ccc([N+](=O)[O-])cc21. The molecule has 0 fully saturated rings. The summed E-state index contributed by atoms with van der Waals surface area (Å²) in [5, 5.41) is 11.2. The molecule has 0 amide bonds. The molecule has 1 radical (unpaired) electrons. The van der Waals surface area contributed by atoms with E-state index >= 15 is 0 Å². The molecule has 2 aromatic carbocycles. The maximum Gasteiger partial charge on any atom is 0.269 e. The van der Waals surface area contributed by atoms with E-state index in [9.17, 15) is 10.1 Å². The zero-order valence-electron chi connectivity index (χ0n) is 13.1. The number of non-ortho nitro benzene ring substituents is 1. The van der Waals surface area contributed by atoms with Crippen molar-refractivity contribution in [3.8, 4) is 11.1 Å². The van der Waals surface area contributed by atoms with Gasteiger partial charge in [0.2, 0.25) is 0 Å². The highest BCUT2D eigenvalue weighted by Crippen LogP contribution is 2.54. The summed E-state index contributed by atoms with van der Waals surface area (Å²) in [4.78, 5) is 10.9. The summed E-state index contributed by atoms with van der Waals surface area (Å²) < 4.78 is 0. The molecule has 3 rings (SSSR count). The summed E-state index contributed by atoms with van der Waals surface area (Å²) in [7, 11) is 0. The highest BCUT2D eigenvalue weighted by molar-refractivity contribution is 5.82. The highest BCUT2D eigenvalue weighted by Gasteiger charge is 2.42. The van der Waals surface area contributed by atoms with Crippen LogP contribution in [0.15, 0.2) is 36.4 Å². The Morgan fingerprint density at radius 1 is 1.09 bits per heavy atom. The lowest BCUT2D eigenvalue weighted by atomic mass is 9.71. The molecule has 3 heteroatoms. The van der Waals surface area contributed by atoms with Crippen LogP contribution in [0.3, 0.4) is 0 Å². The molecule has 0 atom stereocenters. The molecule has 22 heavy (non-hydrogen) atoms. The van der Waals surface area contributed by atoms with Crippen LogP contribution in [-0.4, -0.2) is 4.92 Å². The van der Waals surface area contributed by atoms with Crippen LogP contribution in [0.4, 0.5) is 5.69 Å². The molecule has 0 aliphatic heterocycles. The van der Waals surface area contributed by atoms with E-state index < -0.39 is 0 Å². The van der Waals surface area contributed by atoms with Crippen molar-refractivity contribution in [3.05, 3.63) is 63.7 Å². The molecule has 0 N–H and O–H groups in total. The maximum atomic E-state index is 11.2. The van der Waals surface area contributed by atoms with Crippen molar-refractivity contribution in [2.24, 2.45) is 0 Å². The average molecular weight is 294 g/mol. The van der Waals surface area contributed by atoms with Crippen molar-refractivity contribution in [2.75, 3.05) is 0 Å². The molecule has 0 bridgehead atoms. The third-order valence-electron chi connectivity index (χ3n) is 4.75. The lowest BCUT2D eigenvalue weighted by molar-refractivity contribution is -0.384. The number of benzene rings is 2. The molecule has 113 valence electrons. The number of nitro groups is 1. The minimum absolute atomic E-state index is 0.0993. The summed E-state index contributed by atoms with van der Waals surface area (Å²) in [5.74, 6) is 0. The predicted octanol–water partition coefficient (Wildman–Crippen LogP) is 5.26. The van der Waals surface area contributed by atoms with Gasteiger partial charge in [0.15, 0.2) is 0 Å². The van der Waals surface area contributed by atoms with Gasteiger partial charge in [0.05, 0.1) is 4.92 Å². The molecule has 0 heterocycles. The van der Waals surface area contributed by atoms with Crippen molar-refractivity contribution < 1.29 is 4.92 Å². The number of nitrogens with zero attached hydrogens (tertiary/aromatic N) is 1. The topological polar surface area (TPSA) is 43.1 Å². The van der Waals surface area contributed by atoms with E-state index in [1.165, 1.54) is 11.1 Å². The second-order valence-electron chi connectivity index (χ2n) is 6.04. The molecule has 2 aromatic rings. The number of rotatable bonds is 5. The predicted molar refractivity (Wildman–Crippen MR) is 88.0 cm³/mol. The minimum atomic E-state index is -0.294. The van der Waals surface area contributed by atoms with E-state index in [-0.39, 0.29) is 16.0 Å². The minimum Gasteiger partial charge on any atom is -0.258 e. The molecule has 1 aliphatic carbocycles. The van der Waals surface area contributed by atoms with Crippen molar-refractivity contribution in [1.82, 2.24) is 0 Å². The van der Waals surface area contributed by atoms with E-state index in [1.54, 1.807) is 12.1 Å². The van der Waals surface area contributed by atoms with Crippen LogP contribution in [0.5, 0.6) is 0 Å². The Balaban J connectivity index is 2.30. The number of hydrogen-bond donors (Lipinski definition) is 0. The largest absolute Gasteiger partial charge is 0.269 e. The lowest BCUT2D eigenvalue weighted by Crippen LogP contribution is -2.25. The summed E-state index contributed by atoms with van der Waals surface area (Å²) >= 11 is 0. The van der Waals surface area contributed by atoms with Gasteiger partial charge < -0.3 is 0 Å². The first-order valence-electron chi connectivity index (χ1n) is 7.94. The van der Waals surface area contributed by atoms with Gasteiger partial charge in [-0.2, -0.15) is 0 Å². The maximum absolute atomic E-state index is 11.2. The Morgan fingerprint density at radius 2 is 1.77 bits per heavy atom. The van der Waals surface area contributed by atoms with Gasteiger partial charge >= 0.3 is 0 Å². The molecule has 0 aromatic heterocycles. The van der Waals surface area contributed by atoms with Crippen LogP contribution in [0, 0.1) is 16.2 Å². The zero-order chi connectivity index (χ0) is 15.7. The van der Waals surface area contributed by atoms with Gasteiger partial charge in [0, 0.05) is 17.5 Å². The summed E-state index contributed by atoms with van der Waals surface area (Å²) in [5.41, 5.74) is 4.86. The van der Waals surface area contributed by atoms with Gasteiger partial charge in [-0.3, -0.25) is 10.1 Å². The van der Waals surface area contributed by atoms with Gasteiger partial charge in [-0.15, -0.1) is 0 Å². The number of fused-ring (bicyclic) bond motifs is 3. The summed E-state index contributed by atoms with van der Waals surface area (Å²) in [6.45, 7) is 4.36. The molecule has 0 saturated heterocycles. The molecule has 1 aliphatic rings. The van der Waals surface area contributed by atoms with E-state index in [0.717, 1.165) is 36.8 Å². The summed E-state index contributed by atoms with van der Waals surface area (Å²) in [6, 6.07) is 14.6. The Hall–Kier alpha value is -2.16. The van der Waals surface area contributed by atoms with Crippen molar-refractivity contribution in [1.29, 1.82) is 0 Å². The van der Waals surface area contributed by atoms with Gasteiger partial charge in [0.1, 0.15) is 0 Å². The number of nitro benzene ring substituents is 1. The van der Waals surface area contributed by atoms with E-state index in [1.807, 2.05) is 12.1 Å². The van der Waals surface area contributed by atoms with Gasteiger partial charge in [-0.05, 0) is 53.3 Å². The average Bonchev–Trinajstić information content (AvgIpc) is 2.79. The first-order chi connectivity index (χ1) is 10.6. The fourth-order valence-corrected chi connectivity index (χ4v) is 4.00. The first kappa shape index (κ1) is 14.8. The third-order valence-corrected chi connectivity index (χ3v) is 4.75. The van der Waals surface area contributed by atoms with E-state index in [2.05, 4.69) is 32.0 Å². The van der Waals surface area contributed by atoms with Crippen molar-refractivity contribution >= 4 is 5.69 Å². The molecule has 0 unspecified atom stereocenters. The second-order valence-corrected chi connectivity index (χ2v) is 6.04. The van der Waals surface area contributed by atoms with Gasteiger partial charge in [-0.1, -0.05) is 38.8 Å². The van der Waals surface area contributed by atoms with Crippen LogP contribution >= 0.6 is 0 Å². The Labute approximate surface area is 131 Å². The van der Waals surface area contributed by atoms with Crippen LogP contribution < -0.4 is 0 Å². The monoisotopic (exact) mass is 294 g/mol. The smallest absolute Gasteiger partial charge is 0.258 e. The lowest BCUT2D eigenvalue weighted by Gasteiger charge is -2.31. The second kappa shape index (κ2) is 5.56. The van der Waals surface area contributed by atoms with Crippen LogP contribution in [-0.2, 0) is 5.41 Å². The molecular weight excluding hydrogens is 274 g/mol. The fraction of sp³-hybridized carbons (Fsp3) is 0.368. The molecule has 0 spiro atoms. The normalized spacial score (nSPS) is 14.5. The Morgan fingerprint density at radius 3 is 2.41 bits per heavy atom. The Bertz CT molecular complexity index is 715. The highest BCUT2D eigenvalue weighted by atomic mass is 16.6. The van der Waals surface area contributed by atoms with Crippen molar-refractivity contribution in [2.45, 2.75) is 44.9 Å². The molecular formula is C19H20NO2. The van der Waals surface area contributed by atoms with E-state index in [0.29, 0.717) is 0 Å². The Kier molecular flexibility index (Phi) is 3.73. The standard InChI is InChI=1S/C19H20NO2/c1-3-11-19(12-4-2)17-8-6-5-7-15(17)16-10-9-14(20(21)22)13-18(16)19/h5,7-10,13H,3-4,11-12H2,1-2H3. The van der Waals surface area contributed by atoms with Crippen LogP contribution in [0.1, 0.15) is 50.7 Å². The molecule has 0 saturated carbocycles. The summed E-state index contributed by atoms with van der Waals surface area (Å²) in [6.07, 6.45) is 4.13. The van der Waals surface area contributed by atoms with Gasteiger partial charge in [-0.25, -0.2) is 0 Å². The zero-order valence-corrected chi connectivity index (χ0v) is 13.1. The van der Waals surface area contributed by atoms with Crippen molar-refractivity contribution in [3.63, 3.8) is 0 Å². The first-order valence-corrected chi connectivity index (χ1v) is 7.94. The number of hydrogen-bond acceptors (Lipinski definition) is 2. The third kappa shape index (κ3) is 2.04. The quantitative estimate of drug-likeness (QED) is 0.557. The van der Waals surface area contributed by atoms with Gasteiger partial charge in [0.25, 0.3) is 5.69 Å².